The predicted octanol–water partition coefficient (Wildman–Crippen LogP) is 2.42. The Balaban J connectivity index is 1.67. The molecular weight excluding hydrogens is 390 g/mol. The van der Waals surface area contributed by atoms with Crippen molar-refractivity contribution in [2.45, 2.75) is 11.7 Å². The number of methoxy groups -OCH3 is 1. The number of thioether (sulfide) groups is 1. The molecule has 3 N–H and O–H groups in total. The number of rotatable bonds is 9. The van der Waals surface area contributed by atoms with Gasteiger partial charge >= 0.3 is 0 Å². The molecule has 0 fully saturated rings. The van der Waals surface area contributed by atoms with Crippen LogP contribution in [-0.2, 0) is 16.1 Å². The summed E-state index contributed by atoms with van der Waals surface area (Å²) in [7, 11) is 1.64. The maximum absolute atomic E-state index is 12.3. The minimum Gasteiger partial charge on any atom is -0.383 e. The van der Waals surface area contributed by atoms with E-state index < -0.39 is 5.91 Å². The first-order chi connectivity index (χ1) is 14.1. The van der Waals surface area contributed by atoms with Crippen LogP contribution in [-0.4, -0.2) is 46.0 Å². The van der Waals surface area contributed by atoms with Crippen molar-refractivity contribution in [1.29, 1.82) is 0 Å². The minimum absolute atomic E-state index is 0.164. The molecule has 8 nitrogen and oxygen atoms in total. The zero-order valence-corrected chi connectivity index (χ0v) is 16.7. The van der Waals surface area contributed by atoms with E-state index in [9.17, 15) is 9.59 Å². The molecule has 2 amide bonds. The van der Waals surface area contributed by atoms with Gasteiger partial charge in [0.1, 0.15) is 0 Å². The van der Waals surface area contributed by atoms with Crippen molar-refractivity contribution in [3.05, 3.63) is 60.2 Å². The zero-order valence-electron chi connectivity index (χ0n) is 15.9. The van der Waals surface area contributed by atoms with E-state index in [1.165, 1.54) is 11.8 Å². The van der Waals surface area contributed by atoms with Gasteiger partial charge in [0.2, 0.25) is 11.8 Å². The van der Waals surface area contributed by atoms with Crippen LogP contribution in [0.4, 0.5) is 5.69 Å². The summed E-state index contributed by atoms with van der Waals surface area (Å²) in [6.07, 6.45) is 0. The highest BCUT2D eigenvalue weighted by molar-refractivity contribution is 7.99. The topological polar surface area (TPSA) is 112 Å². The number of ether oxygens (including phenoxy) is 1. The Bertz CT molecular complexity index is 974. The molecule has 150 valence electrons. The second-order valence-corrected chi connectivity index (χ2v) is 7.04. The summed E-state index contributed by atoms with van der Waals surface area (Å²) >= 11 is 1.30. The van der Waals surface area contributed by atoms with Crippen LogP contribution in [0.1, 0.15) is 10.4 Å². The molecule has 0 saturated heterocycles. The van der Waals surface area contributed by atoms with E-state index in [1.807, 2.05) is 34.9 Å². The number of hydrogen-bond donors (Lipinski definition) is 2. The minimum atomic E-state index is -0.511. The molecule has 2 aromatic carbocycles. The second kappa shape index (κ2) is 9.85. The van der Waals surface area contributed by atoms with Crippen molar-refractivity contribution in [2.24, 2.45) is 5.73 Å². The smallest absolute Gasteiger partial charge is 0.248 e. The molecule has 3 rings (SSSR count). The largest absolute Gasteiger partial charge is 0.383 e. The second-order valence-electron chi connectivity index (χ2n) is 6.10. The predicted molar refractivity (Wildman–Crippen MR) is 112 cm³/mol. The van der Waals surface area contributed by atoms with Gasteiger partial charge in [-0.15, -0.1) is 10.2 Å². The van der Waals surface area contributed by atoms with Gasteiger partial charge in [-0.2, -0.15) is 0 Å². The van der Waals surface area contributed by atoms with Crippen molar-refractivity contribution >= 4 is 29.3 Å². The Morgan fingerprint density at radius 1 is 1.10 bits per heavy atom. The van der Waals surface area contributed by atoms with Gasteiger partial charge in [0.05, 0.1) is 18.9 Å². The van der Waals surface area contributed by atoms with Gasteiger partial charge in [0.15, 0.2) is 11.0 Å². The van der Waals surface area contributed by atoms with Gasteiger partial charge in [-0.25, -0.2) is 0 Å². The van der Waals surface area contributed by atoms with E-state index in [4.69, 9.17) is 10.5 Å². The molecule has 0 aliphatic carbocycles. The zero-order chi connectivity index (χ0) is 20.6. The van der Waals surface area contributed by atoms with Crippen molar-refractivity contribution in [3.8, 4) is 11.4 Å². The molecule has 1 aromatic heterocycles. The van der Waals surface area contributed by atoms with Crippen LogP contribution in [0.2, 0.25) is 0 Å². The fourth-order valence-corrected chi connectivity index (χ4v) is 3.39. The van der Waals surface area contributed by atoms with Gasteiger partial charge in [-0.05, 0) is 24.3 Å². The maximum Gasteiger partial charge on any atom is 0.248 e. The van der Waals surface area contributed by atoms with Crippen molar-refractivity contribution in [3.63, 3.8) is 0 Å². The molecular formula is C20H21N5O3S. The fraction of sp³-hybridized carbons (Fsp3) is 0.200. The molecule has 29 heavy (non-hydrogen) atoms. The summed E-state index contributed by atoms with van der Waals surface area (Å²) in [4.78, 5) is 23.4. The molecule has 0 radical (unpaired) electrons. The van der Waals surface area contributed by atoms with Crippen LogP contribution in [0.5, 0.6) is 0 Å². The lowest BCUT2D eigenvalue weighted by molar-refractivity contribution is -0.113. The summed E-state index contributed by atoms with van der Waals surface area (Å²) in [5, 5.41) is 12.0. The molecule has 0 aliphatic heterocycles. The van der Waals surface area contributed by atoms with E-state index in [1.54, 1.807) is 31.4 Å². The molecule has 0 bridgehead atoms. The number of anilines is 1. The van der Waals surface area contributed by atoms with Gasteiger partial charge in [0, 0.05) is 23.9 Å². The normalized spacial score (nSPS) is 10.7. The van der Waals surface area contributed by atoms with Crippen molar-refractivity contribution < 1.29 is 14.3 Å². The number of hydrogen-bond acceptors (Lipinski definition) is 6. The summed E-state index contributed by atoms with van der Waals surface area (Å²) < 4.78 is 7.14. The Labute approximate surface area is 172 Å². The van der Waals surface area contributed by atoms with Gasteiger partial charge in [0.25, 0.3) is 0 Å². The maximum atomic E-state index is 12.3. The first-order valence-corrected chi connectivity index (χ1v) is 9.87. The van der Waals surface area contributed by atoms with Crippen LogP contribution < -0.4 is 11.1 Å². The lowest BCUT2D eigenvalue weighted by Gasteiger charge is -2.10. The monoisotopic (exact) mass is 411 g/mol. The number of benzene rings is 2. The summed E-state index contributed by atoms with van der Waals surface area (Å²) in [5.74, 6) is 0.192. The first-order valence-electron chi connectivity index (χ1n) is 8.88. The van der Waals surface area contributed by atoms with Crippen molar-refractivity contribution in [2.75, 3.05) is 24.8 Å². The van der Waals surface area contributed by atoms with Crippen LogP contribution in [0.3, 0.4) is 0 Å². The Hall–Kier alpha value is -3.17. The number of nitrogens with one attached hydrogen (secondary N) is 1. The number of aromatic nitrogens is 3. The van der Waals surface area contributed by atoms with E-state index in [-0.39, 0.29) is 11.7 Å². The molecule has 0 unspecified atom stereocenters. The number of amides is 2. The van der Waals surface area contributed by atoms with Gasteiger partial charge in [-0.3, -0.25) is 14.2 Å². The molecule has 0 saturated carbocycles. The molecule has 9 heteroatoms. The Morgan fingerprint density at radius 2 is 1.83 bits per heavy atom. The number of carbonyl (C=O) groups excluding carboxylic acids is 2. The summed E-state index contributed by atoms with van der Waals surface area (Å²) in [6, 6.07) is 16.2. The van der Waals surface area contributed by atoms with E-state index in [2.05, 4.69) is 15.5 Å². The van der Waals surface area contributed by atoms with Crippen LogP contribution in [0, 0.1) is 0 Å². The lowest BCUT2D eigenvalue weighted by atomic mass is 10.2. The standard InChI is InChI=1S/C20H21N5O3S/c1-28-12-11-25-19(15-5-3-2-4-6-15)23-24-20(25)29-13-17(26)22-16-9-7-14(8-10-16)18(21)27/h2-10H,11-13H2,1H3,(H2,21,27)(H,22,26). The molecule has 0 spiro atoms. The highest BCUT2D eigenvalue weighted by Gasteiger charge is 2.15. The van der Waals surface area contributed by atoms with E-state index in [0.717, 1.165) is 11.4 Å². The number of nitrogens with two attached hydrogens (primary N) is 1. The molecule has 1 heterocycles. The van der Waals surface area contributed by atoms with Crippen LogP contribution in [0.15, 0.2) is 59.8 Å². The third-order valence-corrected chi connectivity index (χ3v) is 5.02. The molecule has 3 aromatic rings. The average molecular weight is 411 g/mol. The van der Waals surface area contributed by atoms with Gasteiger partial charge in [-0.1, -0.05) is 42.1 Å². The number of carbonyl (C=O) groups is 2. The fourth-order valence-electron chi connectivity index (χ4n) is 2.63. The highest BCUT2D eigenvalue weighted by atomic mass is 32.2. The van der Waals surface area contributed by atoms with E-state index in [0.29, 0.717) is 29.6 Å². The number of nitrogens with zero attached hydrogens (tertiary/aromatic N) is 3. The number of primary amides is 1. The third-order valence-electron chi connectivity index (χ3n) is 4.05. The summed E-state index contributed by atoms with van der Waals surface area (Å²) in [6.45, 7) is 1.08. The molecule has 0 aliphatic rings. The van der Waals surface area contributed by atoms with E-state index >= 15 is 0 Å². The Kier molecular flexibility index (Phi) is 6.99. The molecule has 0 atom stereocenters. The first kappa shape index (κ1) is 20.6. The highest BCUT2D eigenvalue weighted by Crippen LogP contribution is 2.24. The van der Waals surface area contributed by atoms with Crippen molar-refractivity contribution in [1.82, 2.24) is 14.8 Å². The lowest BCUT2D eigenvalue weighted by Crippen LogP contribution is -2.16. The van der Waals surface area contributed by atoms with Gasteiger partial charge < -0.3 is 15.8 Å². The Morgan fingerprint density at radius 3 is 2.48 bits per heavy atom. The average Bonchev–Trinajstić information content (AvgIpc) is 3.14. The third kappa shape index (κ3) is 5.43. The van der Waals surface area contributed by atoms with Crippen LogP contribution in [0.25, 0.3) is 11.4 Å². The quantitative estimate of drug-likeness (QED) is 0.523. The van der Waals surface area contributed by atoms with Crippen LogP contribution >= 0.6 is 11.8 Å². The SMILES string of the molecule is COCCn1c(SCC(=O)Nc2ccc(C(N)=O)cc2)nnc1-c1ccccc1. The summed E-state index contributed by atoms with van der Waals surface area (Å²) in [5.41, 5.74) is 7.14.